The SMILES string of the molecule is OB(O)c1ccc(CN2CCCC2)cc1Cl. The molecule has 1 aliphatic rings. The molecule has 0 aliphatic carbocycles. The topological polar surface area (TPSA) is 43.7 Å². The molecule has 1 saturated heterocycles. The third-order valence-corrected chi connectivity index (χ3v) is 3.28. The zero-order chi connectivity index (χ0) is 11.5. The van der Waals surface area contributed by atoms with Crippen molar-refractivity contribution < 1.29 is 10.0 Å². The fourth-order valence-corrected chi connectivity index (χ4v) is 2.38. The van der Waals surface area contributed by atoms with Gasteiger partial charge in [0.15, 0.2) is 0 Å². The predicted octanol–water partition coefficient (Wildman–Crippen LogP) is 0.616. The number of rotatable bonds is 3. The highest BCUT2D eigenvalue weighted by molar-refractivity contribution is 6.62. The molecule has 1 aliphatic heterocycles. The van der Waals surface area contributed by atoms with Crippen molar-refractivity contribution in [3.8, 4) is 0 Å². The maximum Gasteiger partial charge on any atom is 0.489 e. The Hall–Kier alpha value is -0.545. The Morgan fingerprint density at radius 3 is 2.50 bits per heavy atom. The number of hydrogen-bond acceptors (Lipinski definition) is 3. The summed E-state index contributed by atoms with van der Waals surface area (Å²) >= 11 is 5.97. The second-order valence-corrected chi connectivity index (χ2v) is 4.62. The van der Waals surface area contributed by atoms with Crippen LogP contribution in [0.4, 0.5) is 0 Å². The smallest absolute Gasteiger partial charge is 0.423 e. The molecule has 1 fully saturated rings. The third kappa shape index (κ3) is 2.77. The number of benzene rings is 1. The summed E-state index contributed by atoms with van der Waals surface area (Å²) in [4.78, 5) is 2.38. The van der Waals surface area contributed by atoms with E-state index < -0.39 is 7.12 Å². The van der Waals surface area contributed by atoms with Gasteiger partial charge in [0.2, 0.25) is 0 Å². The van der Waals surface area contributed by atoms with Gasteiger partial charge >= 0.3 is 7.12 Å². The molecule has 1 aromatic rings. The first-order valence-corrected chi connectivity index (χ1v) is 5.91. The van der Waals surface area contributed by atoms with Crippen LogP contribution in [0, 0.1) is 0 Å². The molecule has 0 amide bonds. The summed E-state index contributed by atoms with van der Waals surface area (Å²) in [5, 5.41) is 18.5. The Morgan fingerprint density at radius 2 is 1.94 bits per heavy atom. The fraction of sp³-hybridized carbons (Fsp3) is 0.455. The van der Waals surface area contributed by atoms with E-state index in [1.807, 2.05) is 12.1 Å². The highest BCUT2D eigenvalue weighted by atomic mass is 35.5. The van der Waals surface area contributed by atoms with Gasteiger partial charge in [-0.1, -0.05) is 23.7 Å². The van der Waals surface area contributed by atoms with Gasteiger partial charge in [0.25, 0.3) is 0 Å². The number of nitrogens with zero attached hydrogens (tertiary/aromatic N) is 1. The molecule has 0 bridgehead atoms. The van der Waals surface area contributed by atoms with E-state index in [9.17, 15) is 0 Å². The number of halogens is 1. The lowest BCUT2D eigenvalue weighted by molar-refractivity contribution is 0.331. The van der Waals surface area contributed by atoms with E-state index >= 15 is 0 Å². The standard InChI is InChI=1S/C11H15BClNO2/c13-11-7-9(3-4-10(11)12(15)16)8-14-5-1-2-6-14/h3-4,7,15-16H,1-2,5-6,8H2. The molecule has 3 nitrogen and oxygen atoms in total. The first-order chi connectivity index (χ1) is 7.66. The quantitative estimate of drug-likeness (QED) is 0.760. The Labute approximate surface area is 101 Å². The summed E-state index contributed by atoms with van der Waals surface area (Å²) in [6.45, 7) is 3.17. The summed E-state index contributed by atoms with van der Waals surface area (Å²) in [5.41, 5.74) is 1.49. The van der Waals surface area contributed by atoms with Crippen LogP contribution in [0.5, 0.6) is 0 Å². The van der Waals surface area contributed by atoms with E-state index in [1.54, 1.807) is 6.07 Å². The van der Waals surface area contributed by atoms with Gasteiger partial charge in [0.05, 0.1) is 0 Å². The molecular weight excluding hydrogens is 224 g/mol. The van der Waals surface area contributed by atoms with E-state index in [1.165, 1.54) is 12.8 Å². The van der Waals surface area contributed by atoms with Gasteiger partial charge in [0, 0.05) is 17.0 Å². The molecule has 5 heteroatoms. The van der Waals surface area contributed by atoms with Crippen molar-refractivity contribution in [1.82, 2.24) is 4.90 Å². The maximum atomic E-state index is 9.04. The number of hydrogen-bond donors (Lipinski definition) is 2. The van der Waals surface area contributed by atoms with Crippen LogP contribution in [-0.2, 0) is 6.54 Å². The summed E-state index contributed by atoms with van der Waals surface area (Å²) in [7, 11) is -1.49. The molecular formula is C11H15BClNO2. The molecule has 2 N–H and O–H groups in total. The van der Waals surface area contributed by atoms with Gasteiger partial charge in [0.1, 0.15) is 0 Å². The average Bonchev–Trinajstić information content (AvgIpc) is 2.70. The lowest BCUT2D eigenvalue weighted by atomic mass is 9.80. The van der Waals surface area contributed by atoms with Gasteiger partial charge in [-0.15, -0.1) is 0 Å². The van der Waals surface area contributed by atoms with Crippen molar-refractivity contribution in [3.63, 3.8) is 0 Å². The minimum atomic E-state index is -1.49. The van der Waals surface area contributed by atoms with E-state index in [2.05, 4.69) is 4.90 Å². The zero-order valence-electron chi connectivity index (χ0n) is 9.06. The molecule has 1 heterocycles. The van der Waals surface area contributed by atoms with Crippen LogP contribution in [0.15, 0.2) is 18.2 Å². The molecule has 0 spiro atoms. The minimum Gasteiger partial charge on any atom is -0.423 e. The van der Waals surface area contributed by atoms with Crippen molar-refractivity contribution in [1.29, 1.82) is 0 Å². The minimum absolute atomic E-state index is 0.367. The predicted molar refractivity (Wildman–Crippen MR) is 65.8 cm³/mol. The van der Waals surface area contributed by atoms with Crippen molar-refractivity contribution >= 4 is 24.2 Å². The lowest BCUT2D eigenvalue weighted by Crippen LogP contribution is -2.31. The van der Waals surface area contributed by atoms with Crippen LogP contribution in [0.1, 0.15) is 18.4 Å². The van der Waals surface area contributed by atoms with Gasteiger partial charge < -0.3 is 10.0 Å². The Kier molecular flexibility index (Phi) is 3.87. The Morgan fingerprint density at radius 1 is 1.25 bits per heavy atom. The normalized spacial score (nSPS) is 16.7. The van der Waals surface area contributed by atoms with Crippen molar-refractivity contribution in [2.24, 2.45) is 0 Å². The molecule has 0 unspecified atom stereocenters. The molecule has 0 atom stereocenters. The molecule has 16 heavy (non-hydrogen) atoms. The Bertz CT molecular complexity index is 367. The fourth-order valence-electron chi connectivity index (χ4n) is 2.08. The van der Waals surface area contributed by atoms with E-state index in [4.69, 9.17) is 21.6 Å². The molecule has 1 aromatic carbocycles. The van der Waals surface area contributed by atoms with Crippen LogP contribution < -0.4 is 5.46 Å². The second kappa shape index (κ2) is 5.19. The van der Waals surface area contributed by atoms with Crippen molar-refractivity contribution in [2.75, 3.05) is 13.1 Å². The highest BCUT2D eigenvalue weighted by Gasteiger charge is 2.16. The van der Waals surface area contributed by atoms with Crippen LogP contribution in [0.2, 0.25) is 5.02 Å². The largest absolute Gasteiger partial charge is 0.489 e. The highest BCUT2D eigenvalue weighted by Crippen LogP contribution is 2.15. The molecule has 86 valence electrons. The molecule has 0 saturated carbocycles. The molecule has 0 radical (unpaired) electrons. The van der Waals surface area contributed by atoms with Crippen molar-refractivity contribution in [2.45, 2.75) is 19.4 Å². The van der Waals surface area contributed by atoms with E-state index in [-0.39, 0.29) is 0 Å². The summed E-state index contributed by atoms with van der Waals surface area (Å²) in [6.07, 6.45) is 2.53. The lowest BCUT2D eigenvalue weighted by Gasteiger charge is -2.15. The summed E-state index contributed by atoms with van der Waals surface area (Å²) in [6, 6.07) is 5.39. The molecule has 2 rings (SSSR count). The zero-order valence-corrected chi connectivity index (χ0v) is 9.82. The van der Waals surface area contributed by atoms with Gasteiger partial charge in [-0.25, -0.2) is 0 Å². The van der Waals surface area contributed by atoms with Gasteiger partial charge in [-0.05, 0) is 37.6 Å². The van der Waals surface area contributed by atoms with Crippen LogP contribution >= 0.6 is 11.6 Å². The van der Waals surface area contributed by atoms with Crippen LogP contribution in [-0.4, -0.2) is 35.2 Å². The second-order valence-electron chi connectivity index (χ2n) is 4.21. The average molecular weight is 240 g/mol. The van der Waals surface area contributed by atoms with Crippen LogP contribution in [0.25, 0.3) is 0 Å². The third-order valence-electron chi connectivity index (χ3n) is 2.95. The first kappa shape index (κ1) is 11.9. The summed E-state index contributed by atoms with van der Waals surface area (Å²) in [5.74, 6) is 0. The van der Waals surface area contributed by atoms with Gasteiger partial charge in [-0.3, -0.25) is 4.90 Å². The maximum absolute atomic E-state index is 9.04. The van der Waals surface area contributed by atoms with Crippen LogP contribution in [0.3, 0.4) is 0 Å². The Balaban J connectivity index is 2.08. The van der Waals surface area contributed by atoms with E-state index in [0.29, 0.717) is 10.5 Å². The van der Waals surface area contributed by atoms with Gasteiger partial charge in [-0.2, -0.15) is 0 Å². The monoisotopic (exact) mass is 239 g/mol. The molecule has 0 aromatic heterocycles. The first-order valence-electron chi connectivity index (χ1n) is 5.53. The van der Waals surface area contributed by atoms with Crippen molar-refractivity contribution in [3.05, 3.63) is 28.8 Å². The number of likely N-dealkylation sites (tertiary alicyclic amines) is 1. The summed E-state index contributed by atoms with van der Waals surface area (Å²) < 4.78 is 0. The van der Waals surface area contributed by atoms with E-state index in [0.717, 1.165) is 25.2 Å².